The average Bonchev–Trinajstić information content (AvgIpc) is 3.13. The molecule has 1 saturated carbocycles. The molecule has 2 aromatic carbocycles. The second-order valence-corrected chi connectivity index (χ2v) is 6.31. The predicted molar refractivity (Wildman–Crippen MR) is 89.5 cm³/mol. The number of aromatic nitrogens is 1. The maximum atomic E-state index is 3.65. The molecule has 2 unspecified atom stereocenters. The fraction of sp³-hybridized carbons (Fsp3) is 0.368. The number of hydrogen-bond donors (Lipinski definition) is 1. The minimum Gasteiger partial charge on any atom is -0.341 e. The van der Waals surface area contributed by atoms with E-state index in [2.05, 4.69) is 66.2 Å². The van der Waals surface area contributed by atoms with Crippen molar-refractivity contribution in [1.29, 1.82) is 0 Å². The van der Waals surface area contributed by atoms with E-state index < -0.39 is 0 Å². The van der Waals surface area contributed by atoms with Crippen LogP contribution in [-0.4, -0.2) is 10.6 Å². The van der Waals surface area contributed by atoms with Crippen molar-refractivity contribution in [2.24, 2.45) is 5.92 Å². The van der Waals surface area contributed by atoms with E-state index in [0.29, 0.717) is 0 Å². The van der Waals surface area contributed by atoms with Gasteiger partial charge in [0.25, 0.3) is 0 Å². The summed E-state index contributed by atoms with van der Waals surface area (Å²) in [5.41, 5.74) is 4.08. The van der Waals surface area contributed by atoms with Crippen LogP contribution in [0.3, 0.4) is 0 Å². The highest BCUT2D eigenvalue weighted by Crippen LogP contribution is 2.31. The van der Waals surface area contributed by atoms with Crippen molar-refractivity contribution in [3.63, 3.8) is 0 Å². The number of benzene rings is 2. The third-order valence-corrected chi connectivity index (χ3v) is 4.83. The Morgan fingerprint density at radius 1 is 1.10 bits per heavy atom. The Morgan fingerprint density at radius 3 is 2.62 bits per heavy atom. The smallest absolute Gasteiger partial charge is 0.0491 e. The summed E-state index contributed by atoms with van der Waals surface area (Å²) in [7, 11) is 0. The van der Waals surface area contributed by atoms with Gasteiger partial charge in [-0.15, -0.1) is 0 Å². The highest BCUT2D eigenvalue weighted by Gasteiger charge is 2.31. The van der Waals surface area contributed by atoms with Gasteiger partial charge in [-0.05, 0) is 43.0 Å². The molecule has 2 heteroatoms. The van der Waals surface area contributed by atoms with E-state index in [1.54, 1.807) is 0 Å². The SMILES string of the molecule is CCn1c2ccccc2c2cc(CNC3CC3C)ccc21. The van der Waals surface area contributed by atoms with Gasteiger partial charge in [0, 0.05) is 40.9 Å². The van der Waals surface area contributed by atoms with Gasteiger partial charge >= 0.3 is 0 Å². The molecule has 2 nitrogen and oxygen atoms in total. The highest BCUT2D eigenvalue weighted by molar-refractivity contribution is 6.08. The number of fused-ring (bicyclic) bond motifs is 3. The Bertz CT molecular complexity index is 800. The molecule has 0 radical (unpaired) electrons. The zero-order valence-electron chi connectivity index (χ0n) is 12.8. The van der Waals surface area contributed by atoms with E-state index in [-0.39, 0.29) is 0 Å². The number of nitrogens with zero attached hydrogens (tertiary/aromatic N) is 1. The van der Waals surface area contributed by atoms with Crippen LogP contribution in [0.25, 0.3) is 21.8 Å². The second kappa shape index (κ2) is 4.88. The molecule has 0 saturated heterocycles. The summed E-state index contributed by atoms with van der Waals surface area (Å²) in [6, 6.07) is 16.4. The van der Waals surface area contributed by atoms with Crippen molar-refractivity contribution < 1.29 is 0 Å². The molecular formula is C19H22N2. The van der Waals surface area contributed by atoms with Crippen molar-refractivity contribution >= 4 is 21.8 Å². The molecule has 1 fully saturated rings. The predicted octanol–water partition coefficient (Wildman–Crippen LogP) is 4.31. The number of para-hydroxylation sites is 1. The van der Waals surface area contributed by atoms with E-state index in [9.17, 15) is 0 Å². The summed E-state index contributed by atoms with van der Waals surface area (Å²) in [5.74, 6) is 0.857. The van der Waals surface area contributed by atoms with Gasteiger partial charge in [0.05, 0.1) is 0 Å². The Balaban J connectivity index is 1.77. The molecule has 3 aromatic rings. The normalized spacial score (nSPS) is 21.2. The lowest BCUT2D eigenvalue weighted by Gasteiger charge is -2.05. The average molecular weight is 278 g/mol. The molecule has 0 amide bonds. The lowest BCUT2D eigenvalue weighted by molar-refractivity contribution is 0.653. The van der Waals surface area contributed by atoms with Crippen LogP contribution in [0.4, 0.5) is 0 Å². The summed E-state index contributed by atoms with van der Waals surface area (Å²) >= 11 is 0. The van der Waals surface area contributed by atoms with Crippen LogP contribution >= 0.6 is 0 Å². The van der Waals surface area contributed by atoms with E-state index in [1.165, 1.54) is 33.8 Å². The van der Waals surface area contributed by atoms with Gasteiger partial charge in [0.1, 0.15) is 0 Å². The Kier molecular flexibility index (Phi) is 3.00. The third kappa shape index (κ3) is 2.14. The van der Waals surface area contributed by atoms with Gasteiger partial charge in [0.15, 0.2) is 0 Å². The third-order valence-electron chi connectivity index (χ3n) is 4.83. The van der Waals surface area contributed by atoms with Gasteiger partial charge in [0.2, 0.25) is 0 Å². The Hall–Kier alpha value is -1.80. The Morgan fingerprint density at radius 2 is 1.86 bits per heavy atom. The molecule has 0 bridgehead atoms. The van der Waals surface area contributed by atoms with E-state index >= 15 is 0 Å². The van der Waals surface area contributed by atoms with Crippen molar-refractivity contribution in [2.45, 2.75) is 39.4 Å². The van der Waals surface area contributed by atoms with Crippen LogP contribution in [0, 0.1) is 5.92 Å². The maximum Gasteiger partial charge on any atom is 0.0491 e. The zero-order chi connectivity index (χ0) is 14.4. The first-order valence-corrected chi connectivity index (χ1v) is 8.01. The van der Waals surface area contributed by atoms with Crippen LogP contribution in [-0.2, 0) is 13.1 Å². The number of rotatable bonds is 4. The molecule has 0 spiro atoms. The number of aryl methyl sites for hydroxylation is 1. The molecular weight excluding hydrogens is 256 g/mol. The first kappa shape index (κ1) is 12.9. The molecule has 1 aromatic heterocycles. The fourth-order valence-corrected chi connectivity index (χ4v) is 3.41. The summed E-state index contributed by atoms with van der Waals surface area (Å²) in [6.07, 6.45) is 1.33. The molecule has 0 aliphatic heterocycles. The summed E-state index contributed by atoms with van der Waals surface area (Å²) < 4.78 is 2.41. The maximum absolute atomic E-state index is 3.65. The summed E-state index contributed by atoms with van der Waals surface area (Å²) in [5, 5.41) is 6.41. The number of hydrogen-bond acceptors (Lipinski definition) is 1. The van der Waals surface area contributed by atoms with Gasteiger partial charge in [-0.3, -0.25) is 0 Å². The zero-order valence-corrected chi connectivity index (χ0v) is 12.8. The van der Waals surface area contributed by atoms with E-state index in [4.69, 9.17) is 0 Å². The molecule has 2 atom stereocenters. The molecule has 21 heavy (non-hydrogen) atoms. The summed E-state index contributed by atoms with van der Waals surface area (Å²) in [6.45, 7) is 6.53. The lowest BCUT2D eigenvalue weighted by atomic mass is 10.1. The number of nitrogens with one attached hydrogen (secondary N) is 1. The van der Waals surface area contributed by atoms with Gasteiger partial charge in [-0.25, -0.2) is 0 Å². The van der Waals surface area contributed by atoms with Crippen molar-refractivity contribution in [2.75, 3.05) is 0 Å². The molecule has 1 aliphatic carbocycles. The minimum absolute atomic E-state index is 0.734. The largest absolute Gasteiger partial charge is 0.341 e. The molecule has 1 N–H and O–H groups in total. The van der Waals surface area contributed by atoms with Crippen molar-refractivity contribution in [1.82, 2.24) is 9.88 Å². The second-order valence-electron chi connectivity index (χ2n) is 6.31. The van der Waals surface area contributed by atoms with E-state index in [0.717, 1.165) is 25.0 Å². The highest BCUT2D eigenvalue weighted by atomic mass is 15.0. The quantitative estimate of drug-likeness (QED) is 0.752. The van der Waals surface area contributed by atoms with Gasteiger partial charge < -0.3 is 9.88 Å². The molecule has 1 heterocycles. The summed E-state index contributed by atoms with van der Waals surface area (Å²) in [4.78, 5) is 0. The van der Waals surface area contributed by atoms with Crippen LogP contribution in [0.15, 0.2) is 42.5 Å². The first-order chi connectivity index (χ1) is 10.3. The standard InChI is InChI=1S/C19H22N2/c1-3-21-18-7-5-4-6-15(18)16-11-14(8-9-19(16)21)12-20-17-10-13(17)2/h4-9,11,13,17,20H,3,10,12H2,1-2H3. The first-order valence-electron chi connectivity index (χ1n) is 8.01. The monoisotopic (exact) mass is 278 g/mol. The topological polar surface area (TPSA) is 17.0 Å². The van der Waals surface area contributed by atoms with Gasteiger partial charge in [-0.2, -0.15) is 0 Å². The molecule has 1 aliphatic rings. The van der Waals surface area contributed by atoms with Crippen LogP contribution in [0.5, 0.6) is 0 Å². The molecule has 4 rings (SSSR count). The van der Waals surface area contributed by atoms with Crippen LogP contribution < -0.4 is 5.32 Å². The molecule has 108 valence electrons. The lowest BCUT2D eigenvalue weighted by Crippen LogP contribution is -2.16. The van der Waals surface area contributed by atoms with Crippen molar-refractivity contribution in [3.8, 4) is 0 Å². The minimum atomic E-state index is 0.734. The Labute approximate surface area is 125 Å². The van der Waals surface area contributed by atoms with Crippen LogP contribution in [0.1, 0.15) is 25.8 Å². The fourth-order valence-electron chi connectivity index (χ4n) is 3.41. The van der Waals surface area contributed by atoms with Crippen molar-refractivity contribution in [3.05, 3.63) is 48.0 Å². The van der Waals surface area contributed by atoms with E-state index in [1.807, 2.05) is 0 Å². The van der Waals surface area contributed by atoms with Gasteiger partial charge in [-0.1, -0.05) is 31.2 Å². The van der Waals surface area contributed by atoms with Crippen LogP contribution in [0.2, 0.25) is 0 Å².